The highest BCUT2D eigenvalue weighted by Crippen LogP contribution is 2.24. The number of hydrogen-bond acceptors (Lipinski definition) is 2. The van der Waals surface area contributed by atoms with Gasteiger partial charge >= 0.3 is 0 Å². The fourth-order valence-electron chi connectivity index (χ4n) is 1.90. The molecule has 84 valence electrons. The van der Waals surface area contributed by atoms with Crippen molar-refractivity contribution in [2.24, 2.45) is 0 Å². The van der Waals surface area contributed by atoms with Crippen molar-refractivity contribution in [1.82, 2.24) is 4.90 Å². The quantitative estimate of drug-likeness (QED) is 0.460. The Kier molecular flexibility index (Phi) is 6.57. The van der Waals surface area contributed by atoms with E-state index in [1.807, 2.05) is 0 Å². The van der Waals surface area contributed by atoms with E-state index < -0.39 is 0 Å². The van der Waals surface area contributed by atoms with E-state index in [-0.39, 0.29) is 0 Å². The maximum Gasteiger partial charge on any atom is 0.0474 e. The zero-order chi connectivity index (χ0) is 10.2. The van der Waals surface area contributed by atoms with Crippen molar-refractivity contribution in [3.63, 3.8) is 0 Å². The number of alkyl halides is 1. The smallest absolute Gasteiger partial charge is 0.0474 e. The lowest BCUT2D eigenvalue weighted by molar-refractivity contribution is 0.108. The predicted molar refractivity (Wildman–Crippen MR) is 61.0 cm³/mol. The standard InChI is InChI=1S/C11H22ClNO/c1-14-10-4-9-13(8-3-7-12)11-5-2-6-11/h11H,2-10H2,1H3. The molecule has 3 heteroatoms. The van der Waals surface area contributed by atoms with E-state index in [4.69, 9.17) is 16.3 Å². The molecule has 0 spiro atoms. The molecule has 14 heavy (non-hydrogen) atoms. The molecular weight excluding hydrogens is 198 g/mol. The summed E-state index contributed by atoms with van der Waals surface area (Å²) in [6, 6.07) is 0.843. The van der Waals surface area contributed by atoms with Crippen molar-refractivity contribution in [2.45, 2.75) is 38.1 Å². The molecule has 0 radical (unpaired) electrons. The monoisotopic (exact) mass is 219 g/mol. The van der Waals surface area contributed by atoms with Gasteiger partial charge in [0.15, 0.2) is 0 Å². The van der Waals surface area contributed by atoms with Gasteiger partial charge in [0, 0.05) is 32.2 Å². The maximum atomic E-state index is 5.72. The summed E-state index contributed by atoms with van der Waals surface area (Å²) in [6.45, 7) is 3.22. The first-order valence-electron chi connectivity index (χ1n) is 5.67. The Morgan fingerprint density at radius 1 is 1.29 bits per heavy atom. The molecule has 0 N–H and O–H groups in total. The molecule has 1 aliphatic carbocycles. The lowest BCUT2D eigenvalue weighted by Crippen LogP contribution is -2.41. The molecule has 0 aromatic carbocycles. The van der Waals surface area contributed by atoms with Crippen LogP contribution in [-0.2, 0) is 4.74 Å². The third-order valence-electron chi connectivity index (χ3n) is 2.96. The summed E-state index contributed by atoms with van der Waals surface area (Å²) in [5, 5.41) is 0. The van der Waals surface area contributed by atoms with Crippen LogP contribution in [0.25, 0.3) is 0 Å². The summed E-state index contributed by atoms with van der Waals surface area (Å²) in [5.74, 6) is 0.785. The van der Waals surface area contributed by atoms with E-state index in [1.165, 1.54) is 25.8 Å². The third kappa shape index (κ3) is 4.16. The molecule has 0 aromatic rings. The SMILES string of the molecule is COCCCN(CCCCl)C1CCC1. The molecule has 2 nitrogen and oxygen atoms in total. The maximum absolute atomic E-state index is 5.72. The molecule has 0 unspecified atom stereocenters. The average Bonchev–Trinajstić information content (AvgIpc) is 2.11. The number of rotatable bonds is 8. The van der Waals surface area contributed by atoms with E-state index in [9.17, 15) is 0 Å². The minimum Gasteiger partial charge on any atom is -0.385 e. The lowest BCUT2D eigenvalue weighted by atomic mass is 9.91. The summed E-state index contributed by atoms with van der Waals surface area (Å²) in [7, 11) is 1.77. The van der Waals surface area contributed by atoms with Crippen LogP contribution in [0.1, 0.15) is 32.1 Å². The van der Waals surface area contributed by atoms with E-state index in [2.05, 4.69) is 4.90 Å². The normalized spacial score (nSPS) is 17.4. The van der Waals surface area contributed by atoms with Crippen LogP contribution in [0.5, 0.6) is 0 Å². The summed E-state index contributed by atoms with van der Waals surface area (Å²) in [5.41, 5.74) is 0. The Balaban J connectivity index is 2.14. The molecular formula is C11H22ClNO. The van der Waals surface area contributed by atoms with Crippen molar-refractivity contribution < 1.29 is 4.74 Å². The first-order chi connectivity index (χ1) is 6.88. The highest BCUT2D eigenvalue weighted by atomic mass is 35.5. The fraction of sp³-hybridized carbons (Fsp3) is 1.00. The third-order valence-corrected chi connectivity index (χ3v) is 3.23. The molecule has 0 atom stereocenters. The Bertz CT molecular complexity index is 139. The van der Waals surface area contributed by atoms with Crippen LogP contribution in [0.4, 0.5) is 0 Å². The predicted octanol–water partition coefficient (Wildman–Crippen LogP) is 2.51. The Morgan fingerprint density at radius 3 is 2.50 bits per heavy atom. The van der Waals surface area contributed by atoms with Crippen molar-refractivity contribution in [3.8, 4) is 0 Å². The van der Waals surface area contributed by atoms with E-state index in [0.29, 0.717) is 0 Å². The minimum atomic E-state index is 0.785. The summed E-state index contributed by atoms with van der Waals surface area (Å²) >= 11 is 5.72. The summed E-state index contributed by atoms with van der Waals surface area (Å²) in [4.78, 5) is 2.59. The Morgan fingerprint density at radius 2 is 2.00 bits per heavy atom. The van der Waals surface area contributed by atoms with Crippen LogP contribution >= 0.6 is 11.6 Å². The van der Waals surface area contributed by atoms with Crippen molar-refractivity contribution in [1.29, 1.82) is 0 Å². The zero-order valence-corrected chi connectivity index (χ0v) is 9.93. The molecule has 0 aliphatic heterocycles. The minimum absolute atomic E-state index is 0.785. The van der Waals surface area contributed by atoms with Gasteiger partial charge in [0.2, 0.25) is 0 Å². The number of ether oxygens (including phenoxy) is 1. The van der Waals surface area contributed by atoms with Crippen molar-refractivity contribution in [2.75, 3.05) is 32.7 Å². The van der Waals surface area contributed by atoms with Gasteiger partial charge in [0.1, 0.15) is 0 Å². The number of hydrogen-bond donors (Lipinski definition) is 0. The number of halogens is 1. The first-order valence-corrected chi connectivity index (χ1v) is 6.21. The molecule has 0 saturated heterocycles. The largest absolute Gasteiger partial charge is 0.385 e. The highest BCUT2D eigenvalue weighted by Gasteiger charge is 2.23. The fourth-order valence-corrected chi connectivity index (χ4v) is 2.02. The van der Waals surface area contributed by atoms with Crippen molar-refractivity contribution >= 4 is 11.6 Å². The van der Waals surface area contributed by atoms with Crippen LogP contribution in [0.15, 0.2) is 0 Å². The molecule has 1 saturated carbocycles. The first kappa shape index (κ1) is 12.3. The van der Waals surface area contributed by atoms with Gasteiger partial charge in [-0.2, -0.15) is 0 Å². The average molecular weight is 220 g/mol. The van der Waals surface area contributed by atoms with Crippen LogP contribution in [0.2, 0.25) is 0 Å². The molecule has 0 bridgehead atoms. The number of nitrogens with zero attached hydrogens (tertiary/aromatic N) is 1. The molecule has 1 rings (SSSR count). The molecule has 1 aliphatic rings. The van der Waals surface area contributed by atoms with Gasteiger partial charge in [-0.25, -0.2) is 0 Å². The second-order valence-electron chi connectivity index (χ2n) is 4.01. The summed E-state index contributed by atoms with van der Waals surface area (Å²) < 4.78 is 5.08. The van der Waals surface area contributed by atoms with E-state index >= 15 is 0 Å². The summed E-state index contributed by atoms with van der Waals surface area (Å²) in [6.07, 6.45) is 6.44. The van der Waals surface area contributed by atoms with Crippen LogP contribution in [0, 0.1) is 0 Å². The highest BCUT2D eigenvalue weighted by molar-refractivity contribution is 6.17. The molecule has 1 fully saturated rings. The van der Waals surface area contributed by atoms with Crippen LogP contribution in [0.3, 0.4) is 0 Å². The lowest BCUT2D eigenvalue weighted by Gasteiger charge is -2.37. The van der Waals surface area contributed by atoms with Gasteiger partial charge in [-0.05, 0) is 32.2 Å². The van der Waals surface area contributed by atoms with Gasteiger partial charge in [-0.3, -0.25) is 0 Å². The molecule has 0 aromatic heterocycles. The second-order valence-corrected chi connectivity index (χ2v) is 4.39. The van der Waals surface area contributed by atoms with E-state index in [0.717, 1.165) is 37.9 Å². The van der Waals surface area contributed by atoms with Gasteiger partial charge in [-0.1, -0.05) is 6.42 Å². The topological polar surface area (TPSA) is 12.5 Å². The molecule has 0 amide bonds. The number of methoxy groups -OCH3 is 1. The van der Waals surface area contributed by atoms with E-state index in [1.54, 1.807) is 7.11 Å². The second kappa shape index (κ2) is 7.49. The van der Waals surface area contributed by atoms with Gasteiger partial charge < -0.3 is 9.64 Å². The van der Waals surface area contributed by atoms with Crippen LogP contribution < -0.4 is 0 Å². The molecule has 0 heterocycles. The van der Waals surface area contributed by atoms with Crippen LogP contribution in [-0.4, -0.2) is 43.6 Å². The van der Waals surface area contributed by atoms with Gasteiger partial charge in [-0.15, -0.1) is 11.6 Å². The Labute approximate surface area is 92.6 Å². The zero-order valence-electron chi connectivity index (χ0n) is 9.17. The van der Waals surface area contributed by atoms with Crippen molar-refractivity contribution in [3.05, 3.63) is 0 Å². The van der Waals surface area contributed by atoms with Gasteiger partial charge in [0.05, 0.1) is 0 Å². The Hall–Kier alpha value is 0.210. The van der Waals surface area contributed by atoms with Gasteiger partial charge in [0.25, 0.3) is 0 Å².